The number of carbonyl (C=O) groups is 3. The standard InChI is InChI=1S/C64H65F3N10O3/c1-59(2)28-46-52(49(79)30-59)61(4,40-14-11-13-37(25-40)32-68)44-34-77(76-57(44)72-46)35-63(29-47-53(50(80)31-63)60(3,43-33-69-74-56(43)71-47)41-15-12-16-42(26-41)64(65,66)67)27-36-19-23-39(24-20-36)62(5)51-45(17-9-7-6-8-10-18-48(51)78)70-58-54(62)55(73-75-58)38-21-22-38/h11-16,19-20,23-26,33-34,38H,6-10,17-18,21-22,27-31,35H2,1-5H3,(H,72,76)(H2,69,71,74)(H2,70,73,75). The second kappa shape index (κ2) is 18.4. The van der Waals surface area contributed by atoms with E-state index in [0.717, 1.165) is 120 Å². The van der Waals surface area contributed by atoms with E-state index in [2.05, 4.69) is 82.4 Å². The van der Waals surface area contributed by atoms with Crippen LogP contribution in [0, 0.1) is 22.2 Å². The number of alkyl halides is 3. The van der Waals surface area contributed by atoms with E-state index in [1.165, 1.54) is 6.07 Å². The van der Waals surface area contributed by atoms with Gasteiger partial charge in [0.2, 0.25) is 0 Å². The maximum absolute atomic E-state index is 15.7. The SMILES string of the molecule is CC1(C)CC(=O)C2=C(C1)Nc1nn(CC3(Cc4ccc(C5(C)C6=C(CCCCCCCC6=O)Nc6n[nH]c(C7CC7)c65)cc4)CC(=O)C4=C(C3)Nc3n[nH]cc3C4(C)c3cccc(C(F)(F)F)c3)cc1C2(C)c1cccc(C#N)c1. The number of hydrogen-bond donors (Lipinski definition) is 5. The summed E-state index contributed by atoms with van der Waals surface area (Å²) in [4.78, 5) is 44.9. The zero-order valence-electron chi connectivity index (χ0n) is 45.9. The maximum atomic E-state index is 15.7. The van der Waals surface area contributed by atoms with Gasteiger partial charge in [0, 0.05) is 106 Å². The predicted octanol–water partition coefficient (Wildman–Crippen LogP) is 13.0. The van der Waals surface area contributed by atoms with Gasteiger partial charge >= 0.3 is 6.18 Å². The van der Waals surface area contributed by atoms with Crippen LogP contribution in [0.15, 0.2) is 119 Å². The number of aromatic nitrogens is 6. The largest absolute Gasteiger partial charge is 0.416 e. The molecule has 1 saturated carbocycles. The van der Waals surface area contributed by atoms with Crippen molar-refractivity contribution in [1.29, 1.82) is 5.26 Å². The summed E-state index contributed by atoms with van der Waals surface area (Å²) in [6, 6.07) is 23.4. The highest BCUT2D eigenvalue weighted by Crippen LogP contribution is 2.58. The number of rotatable bonds is 8. The summed E-state index contributed by atoms with van der Waals surface area (Å²) in [5, 5.41) is 41.9. The van der Waals surface area contributed by atoms with Crippen LogP contribution >= 0.6 is 0 Å². The van der Waals surface area contributed by atoms with Gasteiger partial charge in [-0.05, 0) is 118 Å². The third-order valence-electron chi connectivity index (χ3n) is 19.0. The number of nitrogens with one attached hydrogen (secondary N) is 5. The molecule has 0 radical (unpaired) electrons. The normalized spacial score (nSPS) is 26.4. The monoisotopic (exact) mass is 1080 g/mol. The first-order valence-corrected chi connectivity index (χ1v) is 28.3. The van der Waals surface area contributed by atoms with E-state index >= 15 is 4.79 Å². The molecule has 1 fully saturated rings. The molecule has 80 heavy (non-hydrogen) atoms. The molecule has 13 rings (SSSR count). The van der Waals surface area contributed by atoms with Crippen molar-refractivity contribution in [2.45, 2.75) is 159 Å². The van der Waals surface area contributed by atoms with Crippen LogP contribution in [-0.2, 0) is 49.8 Å². The van der Waals surface area contributed by atoms with Crippen molar-refractivity contribution in [3.8, 4) is 6.07 Å². The number of anilines is 3. The van der Waals surface area contributed by atoms with Crippen LogP contribution in [0.5, 0.6) is 0 Å². The molecule has 0 amide bonds. The van der Waals surface area contributed by atoms with Gasteiger partial charge in [-0.3, -0.25) is 29.3 Å². The fourth-order valence-electron chi connectivity index (χ4n) is 15.0. The third kappa shape index (κ3) is 8.22. The maximum Gasteiger partial charge on any atom is 0.416 e. The summed E-state index contributed by atoms with van der Waals surface area (Å²) in [7, 11) is 0. The highest BCUT2D eigenvalue weighted by Gasteiger charge is 2.54. The summed E-state index contributed by atoms with van der Waals surface area (Å²) in [6.45, 7) is 10.4. The molecule has 4 atom stereocenters. The molecule has 13 nitrogen and oxygen atoms in total. The summed E-state index contributed by atoms with van der Waals surface area (Å²) < 4.78 is 45.2. The highest BCUT2D eigenvalue weighted by atomic mass is 19.4. The Morgan fingerprint density at radius 3 is 2.05 bits per heavy atom. The molecule has 0 bridgehead atoms. The second-order valence-corrected chi connectivity index (χ2v) is 25.2. The van der Waals surface area contributed by atoms with Gasteiger partial charge in [0.1, 0.15) is 0 Å². The molecule has 3 aliphatic heterocycles. The highest BCUT2D eigenvalue weighted by molar-refractivity contribution is 6.04. The molecule has 7 aliphatic rings. The van der Waals surface area contributed by atoms with Crippen molar-refractivity contribution in [2.75, 3.05) is 16.0 Å². The molecule has 6 aromatic rings. The number of Topliss-reactive ketones (excluding diaryl/α,β-unsaturated/α-hetero) is 3. The van der Waals surface area contributed by atoms with Crippen LogP contribution in [-0.4, -0.2) is 47.5 Å². The van der Waals surface area contributed by atoms with E-state index < -0.39 is 33.4 Å². The number of allylic oxidation sites excluding steroid dienone is 6. The fraction of sp³-hybridized carbons (Fsp3) is 0.422. The first kappa shape index (κ1) is 51.6. The van der Waals surface area contributed by atoms with Gasteiger partial charge < -0.3 is 16.0 Å². The number of benzene rings is 3. The van der Waals surface area contributed by atoms with Crippen molar-refractivity contribution in [1.82, 2.24) is 30.2 Å². The van der Waals surface area contributed by atoms with Crippen LogP contribution in [0.25, 0.3) is 0 Å². The number of hydrogen-bond acceptors (Lipinski definition) is 10. The van der Waals surface area contributed by atoms with E-state index in [0.29, 0.717) is 83.2 Å². The quantitative estimate of drug-likeness (QED) is 0.0982. The number of ketones is 3. The summed E-state index contributed by atoms with van der Waals surface area (Å²) in [5.41, 5.74) is 5.98. The number of nitrogens with zero attached hydrogens (tertiary/aromatic N) is 5. The van der Waals surface area contributed by atoms with Crippen molar-refractivity contribution in [2.24, 2.45) is 10.8 Å². The predicted molar refractivity (Wildman–Crippen MR) is 297 cm³/mol. The number of halogens is 3. The Labute approximate surface area is 463 Å². The molecule has 16 heteroatoms. The third-order valence-corrected chi connectivity index (χ3v) is 19.0. The topological polar surface area (TPSA) is 186 Å². The van der Waals surface area contributed by atoms with Crippen LogP contribution in [0.4, 0.5) is 30.6 Å². The Balaban J connectivity index is 0.942. The smallest absolute Gasteiger partial charge is 0.342 e. The number of H-pyrrole nitrogens is 2. The van der Waals surface area contributed by atoms with Crippen molar-refractivity contribution in [3.63, 3.8) is 0 Å². The summed E-state index contributed by atoms with van der Waals surface area (Å²) in [5.74, 6) is 2.10. The summed E-state index contributed by atoms with van der Waals surface area (Å²) >= 11 is 0. The van der Waals surface area contributed by atoms with Gasteiger partial charge in [-0.15, -0.1) is 0 Å². The van der Waals surface area contributed by atoms with E-state index in [4.69, 9.17) is 10.2 Å². The fourth-order valence-corrected chi connectivity index (χ4v) is 15.0. The van der Waals surface area contributed by atoms with E-state index in [1.54, 1.807) is 18.3 Å². The first-order valence-electron chi connectivity index (χ1n) is 28.3. The molecular weight excluding hydrogens is 1010 g/mol. The van der Waals surface area contributed by atoms with Gasteiger partial charge in [-0.25, -0.2) is 0 Å². The van der Waals surface area contributed by atoms with E-state index in [9.17, 15) is 28.0 Å². The van der Waals surface area contributed by atoms with Crippen LogP contribution in [0.3, 0.4) is 0 Å². The van der Waals surface area contributed by atoms with Crippen LogP contribution in [0.2, 0.25) is 0 Å². The van der Waals surface area contributed by atoms with Crippen LogP contribution < -0.4 is 16.0 Å². The van der Waals surface area contributed by atoms with Gasteiger partial charge in [-0.1, -0.05) is 87.7 Å². The lowest BCUT2D eigenvalue weighted by atomic mass is 9.60. The number of aromatic amines is 2. The number of carbonyl (C=O) groups excluding carboxylic acids is 3. The van der Waals surface area contributed by atoms with Crippen molar-refractivity contribution in [3.05, 3.63) is 175 Å². The molecule has 0 spiro atoms. The molecule has 410 valence electrons. The minimum atomic E-state index is -4.62. The Morgan fingerprint density at radius 1 is 0.662 bits per heavy atom. The molecule has 4 aliphatic carbocycles. The van der Waals surface area contributed by atoms with Gasteiger partial charge in [0.25, 0.3) is 0 Å². The zero-order chi connectivity index (χ0) is 55.7. The average Bonchev–Trinajstić information content (AvgIpc) is 3.86. The minimum Gasteiger partial charge on any atom is -0.342 e. The molecule has 6 heterocycles. The molecule has 0 saturated heterocycles. The summed E-state index contributed by atoms with van der Waals surface area (Å²) in [6.07, 6.45) is 9.04. The molecule has 3 aromatic heterocycles. The Hall–Kier alpha value is -7.80. The van der Waals surface area contributed by atoms with Crippen molar-refractivity contribution >= 4 is 34.8 Å². The van der Waals surface area contributed by atoms with Gasteiger partial charge in [-0.2, -0.15) is 33.7 Å². The molecular formula is C64H65F3N10O3. The number of nitriles is 1. The lowest BCUT2D eigenvalue weighted by Gasteiger charge is -2.46. The second-order valence-electron chi connectivity index (χ2n) is 25.2. The molecule has 3 aromatic carbocycles. The average molecular weight is 1080 g/mol. The minimum absolute atomic E-state index is 0.0229. The van der Waals surface area contributed by atoms with Gasteiger partial charge in [0.15, 0.2) is 34.8 Å². The van der Waals surface area contributed by atoms with Gasteiger partial charge in [0.05, 0.1) is 33.4 Å². The van der Waals surface area contributed by atoms with E-state index in [1.807, 2.05) is 42.9 Å². The van der Waals surface area contributed by atoms with E-state index in [-0.39, 0.29) is 35.7 Å². The Morgan fingerprint density at radius 2 is 1.31 bits per heavy atom. The van der Waals surface area contributed by atoms with Crippen molar-refractivity contribution < 1.29 is 27.6 Å². The Kier molecular flexibility index (Phi) is 11.9. The molecule has 4 unspecified atom stereocenters. The lowest BCUT2D eigenvalue weighted by molar-refractivity contribution is -0.137. The Bertz CT molecular complexity index is 3750. The first-order chi connectivity index (χ1) is 38.2. The van der Waals surface area contributed by atoms with Crippen LogP contribution in [0.1, 0.15) is 180 Å². The zero-order valence-corrected chi connectivity index (χ0v) is 45.9. The lowest BCUT2D eigenvalue weighted by Crippen LogP contribution is -2.45. The molecule has 5 N–H and O–H groups in total. The number of fused-ring (bicyclic) bond motifs is 3.